The Labute approximate surface area is 331 Å². The molecule has 1 aliphatic rings. The number of benzene rings is 2. The molecule has 1 amide bonds. The third-order valence-electron chi connectivity index (χ3n) is 9.47. The molecule has 0 aliphatic carbocycles. The highest BCUT2D eigenvalue weighted by Gasteiger charge is 2.29. The minimum absolute atomic E-state index is 0.0333. The van der Waals surface area contributed by atoms with Gasteiger partial charge in [0.15, 0.2) is 11.5 Å². The topological polar surface area (TPSA) is 171 Å². The van der Waals surface area contributed by atoms with Crippen LogP contribution in [0.1, 0.15) is 56.9 Å². The van der Waals surface area contributed by atoms with E-state index in [-0.39, 0.29) is 80.9 Å². The van der Waals surface area contributed by atoms with Gasteiger partial charge in [-0.1, -0.05) is 11.6 Å². The minimum Gasteiger partial charge on any atom is -0.372 e. The Balaban J connectivity index is 1.46. The molecule has 0 radical (unpaired) electrons. The number of amides is 1. The molecule has 0 saturated carbocycles. The molecule has 5 heterocycles. The molecule has 6 aromatic rings. The average Bonchev–Trinajstić information content (AvgIpc) is 3.71. The van der Waals surface area contributed by atoms with Gasteiger partial charge in [-0.2, -0.15) is 10.2 Å². The number of hydrogen-bond acceptors (Lipinski definition) is 10. The van der Waals surface area contributed by atoms with Gasteiger partial charge in [0.05, 0.1) is 63.6 Å². The summed E-state index contributed by atoms with van der Waals surface area (Å²) in [5.41, 5.74) is 0.537. The van der Waals surface area contributed by atoms with Crippen LogP contribution < -0.4 is 20.5 Å². The van der Waals surface area contributed by atoms with Crippen LogP contribution in [0.2, 0.25) is 5.02 Å². The lowest BCUT2D eigenvalue weighted by Gasteiger charge is -2.36. The number of aryl methyl sites for hydroxylation is 1. The lowest BCUT2D eigenvalue weighted by molar-refractivity contribution is -0.121. The highest BCUT2D eigenvalue weighted by molar-refractivity contribution is 7.92. The van der Waals surface area contributed by atoms with Gasteiger partial charge in [-0.15, -0.1) is 0 Å². The van der Waals surface area contributed by atoms with Crippen LogP contribution in [0.5, 0.6) is 0 Å². The fourth-order valence-corrected chi connectivity index (χ4v) is 7.94. The van der Waals surface area contributed by atoms with E-state index < -0.39 is 39.2 Å². The van der Waals surface area contributed by atoms with Gasteiger partial charge in [0, 0.05) is 44.9 Å². The van der Waals surface area contributed by atoms with Gasteiger partial charge in [0.2, 0.25) is 15.9 Å². The molecular formula is C38H41ClF2N10O5S. The fourth-order valence-electron chi connectivity index (χ4n) is 7.21. The molecule has 0 bridgehead atoms. The first-order valence-electron chi connectivity index (χ1n) is 18.2. The number of carbonyl (C=O) groups excluding carboxylic acids is 1. The monoisotopic (exact) mass is 822 g/mol. The SMILES string of the molecule is CC(C)n1ccc(CC(=O)N[C@@H](Cc2cc(F)cc(F)c2)c2nc3nc(N4C[C@@H](C)O[C@@H](C)C4)ccc3c(=O)n2-c2ccc(Cl)c3c(NS(C)(=O)=O)nn(C)c23)n1. The number of carbonyl (C=O) groups is 1. The predicted molar refractivity (Wildman–Crippen MR) is 212 cm³/mol. The van der Waals surface area contributed by atoms with E-state index >= 15 is 0 Å². The Kier molecular flexibility index (Phi) is 10.8. The molecule has 1 fully saturated rings. The molecule has 4 aromatic heterocycles. The van der Waals surface area contributed by atoms with Crippen molar-refractivity contribution < 1.29 is 26.7 Å². The van der Waals surface area contributed by atoms with Crippen molar-refractivity contribution in [3.8, 4) is 5.69 Å². The second kappa shape index (κ2) is 15.5. The van der Waals surface area contributed by atoms with Crippen LogP contribution in [-0.4, -0.2) is 80.0 Å². The molecule has 2 N–H and O–H groups in total. The van der Waals surface area contributed by atoms with E-state index in [1.54, 1.807) is 42.2 Å². The van der Waals surface area contributed by atoms with Crippen molar-refractivity contribution in [2.45, 2.75) is 64.8 Å². The Morgan fingerprint density at radius 3 is 2.37 bits per heavy atom. The smallest absolute Gasteiger partial charge is 0.267 e. The molecule has 300 valence electrons. The zero-order chi connectivity index (χ0) is 40.9. The molecule has 0 spiro atoms. The van der Waals surface area contributed by atoms with Crippen molar-refractivity contribution in [3.63, 3.8) is 0 Å². The highest BCUT2D eigenvalue weighted by atomic mass is 35.5. The summed E-state index contributed by atoms with van der Waals surface area (Å²) >= 11 is 6.67. The van der Waals surface area contributed by atoms with Crippen LogP contribution in [0.4, 0.5) is 20.4 Å². The molecule has 19 heteroatoms. The summed E-state index contributed by atoms with van der Waals surface area (Å²) < 4.78 is 66.7. The van der Waals surface area contributed by atoms with E-state index in [0.717, 1.165) is 24.5 Å². The zero-order valence-corrected chi connectivity index (χ0v) is 33.6. The summed E-state index contributed by atoms with van der Waals surface area (Å²) in [5.74, 6) is -1.74. The van der Waals surface area contributed by atoms with Crippen LogP contribution >= 0.6 is 11.6 Å². The average molecular weight is 823 g/mol. The summed E-state index contributed by atoms with van der Waals surface area (Å²) in [7, 11) is -2.26. The highest BCUT2D eigenvalue weighted by Crippen LogP contribution is 2.36. The first-order valence-corrected chi connectivity index (χ1v) is 20.5. The summed E-state index contributed by atoms with van der Waals surface area (Å²) in [6.45, 7) is 8.89. The van der Waals surface area contributed by atoms with Crippen LogP contribution in [0, 0.1) is 11.6 Å². The number of anilines is 2. The Bertz CT molecular complexity index is 2670. The van der Waals surface area contributed by atoms with E-state index in [9.17, 15) is 26.8 Å². The van der Waals surface area contributed by atoms with Crippen LogP contribution in [0.3, 0.4) is 0 Å². The van der Waals surface area contributed by atoms with Crippen molar-refractivity contribution in [2.75, 3.05) is 29.0 Å². The molecule has 0 unspecified atom stereocenters. The number of ether oxygens (including phenoxy) is 1. The van der Waals surface area contributed by atoms with Crippen LogP contribution in [0.25, 0.3) is 27.6 Å². The number of nitrogens with zero attached hydrogens (tertiary/aromatic N) is 8. The van der Waals surface area contributed by atoms with E-state index in [0.29, 0.717) is 24.6 Å². The number of sulfonamides is 1. The quantitative estimate of drug-likeness (QED) is 0.181. The molecule has 2 aromatic carbocycles. The Morgan fingerprint density at radius 2 is 1.72 bits per heavy atom. The number of fused-ring (bicyclic) bond motifs is 2. The maximum Gasteiger partial charge on any atom is 0.267 e. The summed E-state index contributed by atoms with van der Waals surface area (Å²) in [4.78, 5) is 40.7. The van der Waals surface area contributed by atoms with Crippen molar-refractivity contribution in [3.05, 3.63) is 98.8 Å². The third kappa shape index (κ3) is 8.47. The molecular weight excluding hydrogens is 782 g/mol. The van der Waals surface area contributed by atoms with Crippen LogP contribution in [0.15, 0.2) is 59.5 Å². The van der Waals surface area contributed by atoms with Gasteiger partial charge in [0.25, 0.3) is 5.56 Å². The second-order valence-corrected chi connectivity index (χ2v) is 16.8. The number of nitrogens with one attached hydrogen (secondary N) is 2. The first kappa shape index (κ1) is 39.8. The van der Waals surface area contributed by atoms with Gasteiger partial charge in [-0.25, -0.2) is 27.2 Å². The normalized spacial score (nSPS) is 16.8. The van der Waals surface area contributed by atoms with Gasteiger partial charge < -0.3 is 15.0 Å². The molecule has 1 saturated heterocycles. The number of pyridine rings is 1. The Hall–Kier alpha value is -5.46. The zero-order valence-electron chi connectivity index (χ0n) is 32.0. The molecule has 7 rings (SSSR count). The maximum atomic E-state index is 15.0. The van der Waals surface area contributed by atoms with E-state index in [1.165, 1.54) is 15.3 Å². The number of rotatable bonds is 11. The Morgan fingerprint density at radius 1 is 1.02 bits per heavy atom. The minimum atomic E-state index is -3.81. The number of hydrogen-bond donors (Lipinski definition) is 2. The number of halogens is 3. The third-order valence-corrected chi connectivity index (χ3v) is 10.3. The number of aromatic nitrogens is 7. The first-order chi connectivity index (χ1) is 26.9. The summed E-state index contributed by atoms with van der Waals surface area (Å²) in [6, 6.07) is 9.96. The van der Waals surface area contributed by atoms with Crippen molar-refractivity contribution >= 4 is 61.1 Å². The van der Waals surface area contributed by atoms with E-state index in [2.05, 4.69) is 20.2 Å². The summed E-state index contributed by atoms with van der Waals surface area (Å²) in [6.07, 6.45) is 2.18. The number of morpholine rings is 1. The molecule has 1 aliphatic heterocycles. The van der Waals surface area contributed by atoms with Crippen LogP contribution in [-0.2, 0) is 39.4 Å². The van der Waals surface area contributed by atoms with Gasteiger partial charge in [-0.05, 0) is 75.7 Å². The lowest BCUT2D eigenvalue weighted by Crippen LogP contribution is -2.45. The van der Waals surface area contributed by atoms with Gasteiger partial charge in [-0.3, -0.25) is 28.2 Å². The van der Waals surface area contributed by atoms with E-state index in [4.69, 9.17) is 26.3 Å². The fraction of sp³-hybridized carbons (Fsp3) is 0.368. The standard InChI is InChI=1S/C38H41ClF2N10O5S/c1-20(2)50-12-11-26(45-50)17-32(52)42-29(15-23-13-24(40)16-25(41)14-23)37-44-35-27(7-10-31(43-35)49-18-21(3)56-22(4)19-49)38(53)51(37)30-9-8-28(39)33-34(30)48(5)46-36(33)47-57(6,54)55/h7-14,16,20-22,29H,15,17-19H2,1-6H3,(H,42,52)(H,46,47)/t21-,22+,29-/m0/s1. The van der Waals surface area contributed by atoms with Gasteiger partial charge in [0.1, 0.15) is 23.3 Å². The predicted octanol–water partition coefficient (Wildman–Crippen LogP) is 5.00. The molecule has 15 nitrogen and oxygen atoms in total. The van der Waals surface area contributed by atoms with Crippen molar-refractivity contribution in [1.29, 1.82) is 0 Å². The van der Waals surface area contributed by atoms with Crippen molar-refractivity contribution in [1.82, 2.24) is 39.4 Å². The maximum absolute atomic E-state index is 15.0. The van der Waals surface area contributed by atoms with Crippen molar-refractivity contribution in [2.24, 2.45) is 7.05 Å². The summed E-state index contributed by atoms with van der Waals surface area (Å²) in [5, 5.41) is 12.3. The van der Waals surface area contributed by atoms with Gasteiger partial charge >= 0.3 is 0 Å². The van der Waals surface area contributed by atoms with E-state index in [1.807, 2.05) is 32.6 Å². The lowest BCUT2D eigenvalue weighted by atomic mass is 10.0. The molecule has 3 atom stereocenters. The second-order valence-electron chi connectivity index (χ2n) is 14.6. The largest absolute Gasteiger partial charge is 0.372 e. The molecule has 57 heavy (non-hydrogen) atoms.